The molecule has 2 aromatic rings. The van der Waals surface area contributed by atoms with E-state index in [4.69, 9.17) is 5.11 Å². The van der Waals surface area contributed by atoms with Gasteiger partial charge in [0.2, 0.25) is 0 Å². The minimum Gasteiger partial charge on any atom is -0.396 e. The molecule has 1 aliphatic heterocycles. The van der Waals surface area contributed by atoms with E-state index in [0.717, 1.165) is 48.1 Å². The summed E-state index contributed by atoms with van der Waals surface area (Å²) in [6.45, 7) is 1.97. The standard InChI is InChI=1S/C12H17N5OS/c1-13-12-15-10-8-7-14-16-11(8)17(4-2-6-18)5-3-9(10)19-12/h7,18H,2-6H2,1H3,(H,13,15)(H,14,16). The van der Waals surface area contributed by atoms with Crippen LogP contribution in [0.25, 0.3) is 11.3 Å². The van der Waals surface area contributed by atoms with Gasteiger partial charge in [0, 0.05) is 38.0 Å². The molecule has 0 radical (unpaired) electrons. The van der Waals surface area contributed by atoms with Crippen molar-refractivity contribution in [3.05, 3.63) is 11.1 Å². The minimum absolute atomic E-state index is 0.212. The monoisotopic (exact) mass is 279 g/mol. The zero-order valence-corrected chi connectivity index (χ0v) is 11.6. The van der Waals surface area contributed by atoms with Crippen LogP contribution in [0.4, 0.5) is 10.9 Å². The highest BCUT2D eigenvalue weighted by atomic mass is 32.1. The Bertz CT molecular complexity index is 564. The first-order chi connectivity index (χ1) is 9.33. The first-order valence-corrected chi connectivity index (χ1v) is 7.22. The van der Waals surface area contributed by atoms with E-state index in [2.05, 4.69) is 25.4 Å². The smallest absolute Gasteiger partial charge is 0.183 e. The van der Waals surface area contributed by atoms with Gasteiger partial charge in [-0.3, -0.25) is 5.10 Å². The Morgan fingerprint density at radius 3 is 3.26 bits per heavy atom. The first kappa shape index (κ1) is 12.4. The van der Waals surface area contributed by atoms with E-state index in [1.165, 1.54) is 4.88 Å². The lowest BCUT2D eigenvalue weighted by molar-refractivity contribution is 0.289. The van der Waals surface area contributed by atoms with Crippen LogP contribution in [0.15, 0.2) is 6.20 Å². The van der Waals surface area contributed by atoms with E-state index in [-0.39, 0.29) is 6.61 Å². The number of aliphatic hydroxyl groups is 1. The molecule has 2 aromatic heterocycles. The van der Waals surface area contributed by atoms with E-state index in [9.17, 15) is 0 Å². The quantitative estimate of drug-likeness (QED) is 0.787. The molecule has 1 aliphatic rings. The molecule has 0 fully saturated rings. The van der Waals surface area contributed by atoms with E-state index in [0.29, 0.717) is 0 Å². The largest absolute Gasteiger partial charge is 0.396 e. The van der Waals surface area contributed by atoms with Crippen LogP contribution >= 0.6 is 11.3 Å². The fourth-order valence-electron chi connectivity index (χ4n) is 2.37. The van der Waals surface area contributed by atoms with Crippen molar-refractivity contribution in [3.63, 3.8) is 0 Å². The fourth-order valence-corrected chi connectivity index (χ4v) is 3.28. The highest BCUT2D eigenvalue weighted by Crippen LogP contribution is 2.38. The molecule has 6 nitrogen and oxygen atoms in total. The van der Waals surface area contributed by atoms with Crippen LogP contribution in [-0.2, 0) is 6.42 Å². The second kappa shape index (κ2) is 5.18. The predicted molar refractivity (Wildman–Crippen MR) is 76.9 cm³/mol. The third-order valence-electron chi connectivity index (χ3n) is 3.30. The number of anilines is 2. The molecule has 102 valence electrons. The highest BCUT2D eigenvalue weighted by Gasteiger charge is 2.24. The van der Waals surface area contributed by atoms with Gasteiger partial charge in [-0.15, -0.1) is 11.3 Å². The van der Waals surface area contributed by atoms with Crippen molar-refractivity contribution in [1.82, 2.24) is 15.2 Å². The molecule has 7 heteroatoms. The van der Waals surface area contributed by atoms with E-state index in [1.807, 2.05) is 13.2 Å². The van der Waals surface area contributed by atoms with E-state index in [1.54, 1.807) is 11.3 Å². The van der Waals surface area contributed by atoms with Crippen LogP contribution in [0.1, 0.15) is 11.3 Å². The molecule has 3 rings (SSSR count). The fraction of sp³-hybridized carbons (Fsp3) is 0.500. The van der Waals surface area contributed by atoms with E-state index >= 15 is 0 Å². The van der Waals surface area contributed by atoms with Gasteiger partial charge in [-0.1, -0.05) is 0 Å². The summed E-state index contributed by atoms with van der Waals surface area (Å²) in [7, 11) is 1.89. The molecular formula is C12H17N5OS. The number of hydrogen-bond acceptors (Lipinski definition) is 6. The number of fused-ring (bicyclic) bond motifs is 3. The van der Waals surface area contributed by atoms with Crippen molar-refractivity contribution >= 4 is 22.3 Å². The molecule has 0 saturated carbocycles. The van der Waals surface area contributed by atoms with Gasteiger partial charge in [0.05, 0.1) is 17.5 Å². The summed E-state index contributed by atoms with van der Waals surface area (Å²) in [6.07, 6.45) is 3.58. The number of aromatic nitrogens is 3. The number of H-pyrrole nitrogens is 1. The molecule has 3 N–H and O–H groups in total. The van der Waals surface area contributed by atoms with Crippen LogP contribution in [0, 0.1) is 0 Å². The number of aliphatic hydroxyl groups excluding tert-OH is 1. The number of nitrogens with one attached hydrogen (secondary N) is 2. The van der Waals surface area contributed by atoms with Crippen LogP contribution in [0.2, 0.25) is 0 Å². The van der Waals surface area contributed by atoms with Gasteiger partial charge in [-0.05, 0) is 6.42 Å². The zero-order valence-electron chi connectivity index (χ0n) is 10.8. The second-order valence-electron chi connectivity index (χ2n) is 4.49. The summed E-state index contributed by atoms with van der Waals surface area (Å²) in [5.74, 6) is 1.01. The van der Waals surface area contributed by atoms with Gasteiger partial charge < -0.3 is 15.3 Å². The maximum atomic E-state index is 9.00. The molecular weight excluding hydrogens is 262 g/mol. The van der Waals surface area contributed by atoms with Gasteiger partial charge in [-0.2, -0.15) is 5.10 Å². The molecule has 0 aliphatic carbocycles. The molecule has 3 heterocycles. The normalized spacial score (nSPS) is 13.9. The summed E-state index contributed by atoms with van der Waals surface area (Å²) in [5, 5.41) is 20.3. The summed E-state index contributed by atoms with van der Waals surface area (Å²) < 4.78 is 0. The molecule has 0 amide bonds. The van der Waals surface area contributed by atoms with Crippen LogP contribution < -0.4 is 10.2 Å². The Hall–Kier alpha value is -1.60. The zero-order chi connectivity index (χ0) is 13.2. The van der Waals surface area contributed by atoms with E-state index < -0.39 is 0 Å². The summed E-state index contributed by atoms with van der Waals surface area (Å²) in [6, 6.07) is 0. The Morgan fingerprint density at radius 1 is 1.58 bits per heavy atom. The molecule has 0 unspecified atom stereocenters. The average molecular weight is 279 g/mol. The topological polar surface area (TPSA) is 77.1 Å². The summed E-state index contributed by atoms with van der Waals surface area (Å²) in [4.78, 5) is 8.16. The van der Waals surface area contributed by atoms with Crippen LogP contribution in [-0.4, -0.2) is 47.0 Å². The van der Waals surface area contributed by atoms with Gasteiger partial charge in [0.15, 0.2) is 5.13 Å². The van der Waals surface area contributed by atoms with Crippen molar-refractivity contribution in [2.75, 3.05) is 37.0 Å². The summed E-state index contributed by atoms with van der Waals surface area (Å²) in [5.41, 5.74) is 2.09. The van der Waals surface area contributed by atoms with Gasteiger partial charge >= 0.3 is 0 Å². The lowest BCUT2D eigenvalue weighted by Crippen LogP contribution is -2.27. The van der Waals surface area contributed by atoms with Gasteiger partial charge in [-0.25, -0.2) is 4.98 Å². The Balaban J connectivity index is 1.98. The second-order valence-corrected chi connectivity index (χ2v) is 5.57. The maximum Gasteiger partial charge on any atom is 0.183 e. The Kier molecular flexibility index (Phi) is 3.39. The van der Waals surface area contributed by atoms with Crippen molar-refractivity contribution in [3.8, 4) is 11.3 Å². The molecule has 19 heavy (non-hydrogen) atoms. The van der Waals surface area contributed by atoms with Gasteiger partial charge in [0.25, 0.3) is 0 Å². The highest BCUT2D eigenvalue weighted by molar-refractivity contribution is 7.16. The average Bonchev–Trinajstić information content (AvgIpc) is 3.02. The third-order valence-corrected chi connectivity index (χ3v) is 4.43. The number of thiazole rings is 1. The Morgan fingerprint density at radius 2 is 2.47 bits per heavy atom. The molecule has 0 saturated heterocycles. The minimum atomic E-state index is 0.212. The maximum absolute atomic E-state index is 9.00. The Labute approximate surface area is 115 Å². The van der Waals surface area contributed by atoms with Crippen molar-refractivity contribution < 1.29 is 5.11 Å². The number of aromatic amines is 1. The number of rotatable bonds is 4. The predicted octanol–water partition coefficient (Wildman–Crippen LogP) is 1.32. The summed E-state index contributed by atoms with van der Waals surface area (Å²) >= 11 is 1.70. The molecule has 0 aromatic carbocycles. The van der Waals surface area contributed by atoms with Crippen LogP contribution in [0.5, 0.6) is 0 Å². The van der Waals surface area contributed by atoms with Crippen molar-refractivity contribution in [1.29, 1.82) is 0 Å². The SMILES string of the molecule is CNc1nc2c(s1)CCN(CCCO)c1[nH]ncc1-2. The van der Waals surface area contributed by atoms with Crippen molar-refractivity contribution in [2.45, 2.75) is 12.8 Å². The molecule has 0 bridgehead atoms. The lowest BCUT2D eigenvalue weighted by atomic mass is 10.2. The van der Waals surface area contributed by atoms with Gasteiger partial charge in [0.1, 0.15) is 5.82 Å². The first-order valence-electron chi connectivity index (χ1n) is 6.40. The molecule has 0 atom stereocenters. The third kappa shape index (κ3) is 2.19. The van der Waals surface area contributed by atoms with Crippen LogP contribution in [0.3, 0.4) is 0 Å². The number of nitrogens with zero attached hydrogens (tertiary/aromatic N) is 3. The lowest BCUT2D eigenvalue weighted by Gasteiger charge is -2.21. The van der Waals surface area contributed by atoms with Crippen molar-refractivity contribution in [2.24, 2.45) is 0 Å². The number of hydrogen-bond donors (Lipinski definition) is 3. The molecule has 0 spiro atoms.